The fourth-order valence-electron chi connectivity index (χ4n) is 2.73. The van der Waals surface area contributed by atoms with Crippen LogP contribution in [0.1, 0.15) is 21.6 Å². The van der Waals surface area contributed by atoms with Gasteiger partial charge < -0.3 is 4.74 Å². The summed E-state index contributed by atoms with van der Waals surface area (Å²) in [5.41, 5.74) is 3.40. The molecule has 7 heteroatoms. The maximum atomic E-state index is 12.4. The third kappa shape index (κ3) is 3.92. The summed E-state index contributed by atoms with van der Waals surface area (Å²) in [5, 5.41) is 14.8. The number of aromatic amines is 1. The van der Waals surface area contributed by atoms with Gasteiger partial charge in [0, 0.05) is 17.3 Å². The van der Waals surface area contributed by atoms with Crippen LogP contribution < -0.4 is 0 Å². The van der Waals surface area contributed by atoms with Crippen LogP contribution in [0.5, 0.6) is 0 Å². The van der Waals surface area contributed by atoms with E-state index in [1.54, 1.807) is 6.20 Å². The second-order valence-corrected chi connectivity index (χ2v) is 5.99. The van der Waals surface area contributed by atoms with Gasteiger partial charge in [0.05, 0.1) is 12.7 Å². The Bertz CT molecular complexity index is 1020. The number of carbonyl (C=O) groups excluding carboxylic acids is 1. The van der Waals surface area contributed by atoms with Gasteiger partial charge >= 0.3 is 5.97 Å². The van der Waals surface area contributed by atoms with Crippen LogP contribution >= 0.6 is 0 Å². The molecule has 7 nitrogen and oxygen atoms in total. The van der Waals surface area contributed by atoms with Gasteiger partial charge in [-0.1, -0.05) is 60.7 Å². The van der Waals surface area contributed by atoms with Crippen LogP contribution in [0.15, 0.2) is 73.1 Å². The Morgan fingerprint density at radius 3 is 2.48 bits per heavy atom. The van der Waals surface area contributed by atoms with Crippen molar-refractivity contribution in [3.63, 3.8) is 0 Å². The van der Waals surface area contributed by atoms with E-state index in [-0.39, 0.29) is 12.3 Å². The van der Waals surface area contributed by atoms with E-state index in [2.05, 4.69) is 20.5 Å². The number of benzene rings is 2. The number of nitrogens with zero attached hydrogens (tertiary/aromatic N) is 4. The molecule has 2 aromatic heterocycles. The summed E-state index contributed by atoms with van der Waals surface area (Å²) >= 11 is 0. The van der Waals surface area contributed by atoms with Gasteiger partial charge in [-0.3, -0.25) is 4.68 Å². The molecule has 4 aromatic rings. The lowest BCUT2D eigenvalue weighted by Crippen LogP contribution is -2.07. The van der Waals surface area contributed by atoms with Crippen molar-refractivity contribution in [3.8, 4) is 11.3 Å². The summed E-state index contributed by atoms with van der Waals surface area (Å²) in [5.74, 6) is -0.529. The highest BCUT2D eigenvalue weighted by atomic mass is 16.5. The molecule has 0 saturated carbocycles. The van der Waals surface area contributed by atoms with Crippen LogP contribution in [-0.2, 0) is 17.9 Å². The smallest absolute Gasteiger partial charge is 0.361 e. The Morgan fingerprint density at radius 2 is 1.70 bits per heavy atom. The molecule has 0 spiro atoms. The first-order chi connectivity index (χ1) is 13.3. The minimum absolute atomic E-state index is 0.120. The molecule has 0 aliphatic carbocycles. The molecule has 27 heavy (non-hydrogen) atoms. The predicted molar refractivity (Wildman–Crippen MR) is 98.7 cm³/mol. The highest BCUT2D eigenvalue weighted by molar-refractivity contribution is 5.93. The van der Waals surface area contributed by atoms with Gasteiger partial charge in [-0.2, -0.15) is 15.4 Å². The molecule has 0 aliphatic heterocycles. The Labute approximate surface area is 155 Å². The number of hydrogen-bond acceptors (Lipinski definition) is 5. The summed E-state index contributed by atoms with van der Waals surface area (Å²) in [7, 11) is 0. The summed E-state index contributed by atoms with van der Waals surface area (Å²) < 4.78 is 7.19. The van der Waals surface area contributed by atoms with Crippen molar-refractivity contribution in [1.29, 1.82) is 0 Å². The van der Waals surface area contributed by atoms with E-state index in [9.17, 15) is 4.79 Å². The van der Waals surface area contributed by atoms with E-state index in [0.717, 1.165) is 16.7 Å². The first-order valence-corrected chi connectivity index (χ1v) is 8.48. The van der Waals surface area contributed by atoms with Crippen molar-refractivity contribution in [2.75, 3.05) is 0 Å². The number of rotatable bonds is 6. The first-order valence-electron chi connectivity index (χ1n) is 8.48. The Kier molecular flexibility index (Phi) is 4.74. The van der Waals surface area contributed by atoms with Crippen molar-refractivity contribution >= 4 is 5.97 Å². The molecule has 0 unspecified atom stereocenters. The van der Waals surface area contributed by atoms with Crippen molar-refractivity contribution in [3.05, 3.63) is 89.9 Å². The van der Waals surface area contributed by atoms with E-state index >= 15 is 0 Å². The summed E-state index contributed by atoms with van der Waals surface area (Å²) in [6.07, 6.45) is 3.55. The van der Waals surface area contributed by atoms with Gasteiger partial charge in [0.15, 0.2) is 5.69 Å². The molecule has 0 radical (unpaired) electrons. The predicted octanol–water partition coefficient (Wildman–Crippen LogP) is 3.07. The van der Waals surface area contributed by atoms with Crippen LogP contribution in [0.25, 0.3) is 11.3 Å². The summed E-state index contributed by atoms with van der Waals surface area (Å²) in [6.45, 7) is 0.783. The first kappa shape index (κ1) is 16.7. The molecule has 0 aliphatic rings. The minimum atomic E-state index is -0.529. The van der Waals surface area contributed by atoms with E-state index in [0.29, 0.717) is 12.2 Å². The lowest BCUT2D eigenvalue weighted by atomic mass is 10.1. The summed E-state index contributed by atoms with van der Waals surface area (Å²) in [6, 6.07) is 19.4. The third-order valence-corrected chi connectivity index (χ3v) is 4.03. The molecule has 0 amide bonds. The molecule has 0 saturated heterocycles. The van der Waals surface area contributed by atoms with Gasteiger partial charge in [0.2, 0.25) is 0 Å². The Hall–Kier alpha value is -3.74. The second kappa shape index (κ2) is 7.65. The monoisotopic (exact) mass is 359 g/mol. The molecule has 2 heterocycles. The molecular weight excluding hydrogens is 342 g/mol. The lowest BCUT2D eigenvalue weighted by molar-refractivity contribution is 0.0466. The van der Waals surface area contributed by atoms with Gasteiger partial charge in [0.1, 0.15) is 12.3 Å². The zero-order valence-corrected chi connectivity index (χ0v) is 14.4. The summed E-state index contributed by atoms with van der Waals surface area (Å²) in [4.78, 5) is 12.4. The number of hydrogen-bond donors (Lipinski definition) is 1. The van der Waals surface area contributed by atoms with Crippen molar-refractivity contribution in [1.82, 2.24) is 25.2 Å². The number of esters is 1. The normalized spacial score (nSPS) is 10.7. The maximum Gasteiger partial charge on any atom is 0.361 e. The average molecular weight is 359 g/mol. The molecule has 0 bridgehead atoms. The Morgan fingerprint density at radius 1 is 0.963 bits per heavy atom. The molecule has 0 fully saturated rings. The van der Waals surface area contributed by atoms with Gasteiger partial charge in [-0.05, 0) is 5.56 Å². The largest absolute Gasteiger partial charge is 0.456 e. The Balaban J connectivity index is 1.40. The number of ether oxygens (including phenoxy) is 1. The lowest BCUT2D eigenvalue weighted by Gasteiger charge is -2.03. The standard InChI is InChI=1S/C20H17N5O2/c26-20(19-18(22-24-23-19)17-9-5-2-6-10-17)27-14-16-11-21-25(13-16)12-15-7-3-1-4-8-15/h1-11,13H,12,14H2,(H,22,23,24). The number of aromatic nitrogens is 5. The minimum Gasteiger partial charge on any atom is -0.456 e. The zero-order chi connectivity index (χ0) is 18.5. The second-order valence-electron chi connectivity index (χ2n) is 5.99. The van der Waals surface area contributed by atoms with E-state index in [4.69, 9.17) is 4.74 Å². The molecule has 0 atom stereocenters. The van der Waals surface area contributed by atoms with Gasteiger partial charge in [0.25, 0.3) is 0 Å². The molecule has 134 valence electrons. The number of nitrogens with one attached hydrogen (secondary N) is 1. The van der Waals surface area contributed by atoms with Gasteiger partial charge in [-0.25, -0.2) is 4.79 Å². The maximum absolute atomic E-state index is 12.4. The number of H-pyrrole nitrogens is 1. The third-order valence-electron chi connectivity index (χ3n) is 4.03. The van der Waals surface area contributed by atoms with E-state index in [1.165, 1.54) is 0 Å². The van der Waals surface area contributed by atoms with Crippen LogP contribution in [0, 0.1) is 0 Å². The molecule has 4 rings (SSSR count). The highest BCUT2D eigenvalue weighted by Crippen LogP contribution is 2.20. The van der Waals surface area contributed by atoms with Crippen molar-refractivity contribution in [2.45, 2.75) is 13.2 Å². The zero-order valence-electron chi connectivity index (χ0n) is 14.4. The molecular formula is C20H17N5O2. The number of carbonyl (C=O) groups is 1. The van der Waals surface area contributed by atoms with Crippen molar-refractivity contribution < 1.29 is 9.53 Å². The van der Waals surface area contributed by atoms with Crippen molar-refractivity contribution in [2.24, 2.45) is 0 Å². The fourth-order valence-corrected chi connectivity index (χ4v) is 2.73. The fraction of sp³-hybridized carbons (Fsp3) is 0.100. The van der Waals surface area contributed by atoms with Crippen LogP contribution in [0.3, 0.4) is 0 Å². The van der Waals surface area contributed by atoms with Crippen LogP contribution in [0.4, 0.5) is 0 Å². The molecule has 1 N–H and O–H groups in total. The quantitative estimate of drug-likeness (QED) is 0.535. The average Bonchev–Trinajstić information content (AvgIpc) is 3.37. The topological polar surface area (TPSA) is 85.7 Å². The molecule has 2 aromatic carbocycles. The van der Waals surface area contributed by atoms with Crippen LogP contribution in [0.2, 0.25) is 0 Å². The SMILES string of the molecule is O=C(OCc1cnn(Cc2ccccc2)c1)c1n[nH]nc1-c1ccccc1. The van der Waals surface area contributed by atoms with E-state index < -0.39 is 5.97 Å². The van der Waals surface area contributed by atoms with Crippen LogP contribution in [-0.4, -0.2) is 31.2 Å². The van der Waals surface area contributed by atoms with E-state index in [1.807, 2.05) is 71.5 Å². The van der Waals surface area contributed by atoms with Gasteiger partial charge in [-0.15, -0.1) is 5.10 Å². The highest BCUT2D eigenvalue weighted by Gasteiger charge is 2.19.